The summed E-state index contributed by atoms with van der Waals surface area (Å²) in [5.74, 6) is -0.250. The van der Waals surface area contributed by atoms with E-state index >= 15 is 0 Å². The molecule has 1 N–H and O–H groups in total. The van der Waals surface area contributed by atoms with Crippen LogP contribution < -0.4 is 4.74 Å². The van der Waals surface area contributed by atoms with E-state index in [1.807, 2.05) is 38.1 Å². The summed E-state index contributed by atoms with van der Waals surface area (Å²) < 4.78 is 5.92. The van der Waals surface area contributed by atoms with Crippen LogP contribution in [0.15, 0.2) is 24.3 Å². The average molecular weight is 261 g/mol. The molecule has 18 heavy (non-hydrogen) atoms. The lowest BCUT2D eigenvalue weighted by atomic mass is 9.97. The van der Waals surface area contributed by atoms with Crippen molar-refractivity contribution in [3.63, 3.8) is 0 Å². The van der Waals surface area contributed by atoms with Gasteiger partial charge in [-0.2, -0.15) is 0 Å². The summed E-state index contributed by atoms with van der Waals surface area (Å²) in [6.07, 6.45) is 0. The van der Waals surface area contributed by atoms with Crippen LogP contribution in [0.1, 0.15) is 28.5 Å². The molecule has 1 aliphatic heterocycles. The standard InChI is InChI=1S/C13H11NO3S/c1-13(2)10-9(14-11(18-10)12(15)16)7-5-3-4-6-8(7)17-13/h3-6H,1-2H3,(H,15,16). The highest BCUT2D eigenvalue weighted by Crippen LogP contribution is 2.46. The van der Waals surface area contributed by atoms with Gasteiger partial charge in [-0.1, -0.05) is 12.1 Å². The van der Waals surface area contributed by atoms with Crippen LogP contribution in [-0.4, -0.2) is 16.1 Å². The van der Waals surface area contributed by atoms with Crippen molar-refractivity contribution in [2.45, 2.75) is 19.4 Å². The number of ether oxygens (including phenoxy) is 1. The second-order valence-electron chi connectivity index (χ2n) is 4.61. The maximum Gasteiger partial charge on any atom is 0.365 e. The van der Waals surface area contributed by atoms with Gasteiger partial charge in [0.15, 0.2) is 0 Å². The SMILES string of the molecule is CC1(C)Oc2ccccc2-c2nc(C(=O)O)sc21. The Morgan fingerprint density at radius 1 is 1.39 bits per heavy atom. The quantitative estimate of drug-likeness (QED) is 0.856. The van der Waals surface area contributed by atoms with Crippen LogP contribution in [0, 0.1) is 0 Å². The van der Waals surface area contributed by atoms with Crippen molar-refractivity contribution in [1.29, 1.82) is 0 Å². The summed E-state index contributed by atoms with van der Waals surface area (Å²) in [7, 11) is 0. The smallest absolute Gasteiger partial charge is 0.365 e. The minimum Gasteiger partial charge on any atom is -0.482 e. The highest BCUT2D eigenvalue weighted by Gasteiger charge is 2.36. The fourth-order valence-electron chi connectivity index (χ4n) is 2.07. The number of thiazole rings is 1. The van der Waals surface area contributed by atoms with Gasteiger partial charge in [0.1, 0.15) is 11.4 Å². The number of aromatic nitrogens is 1. The van der Waals surface area contributed by atoms with Crippen LogP contribution in [-0.2, 0) is 5.60 Å². The molecule has 5 heteroatoms. The van der Waals surface area contributed by atoms with Crippen molar-refractivity contribution in [3.8, 4) is 17.0 Å². The predicted octanol–water partition coefficient (Wildman–Crippen LogP) is 3.14. The van der Waals surface area contributed by atoms with Crippen LogP contribution >= 0.6 is 11.3 Å². The Bertz CT molecular complexity index is 645. The molecule has 0 saturated heterocycles. The third-order valence-electron chi connectivity index (χ3n) is 2.86. The maximum absolute atomic E-state index is 11.0. The first-order valence-corrected chi connectivity index (χ1v) is 6.34. The average Bonchev–Trinajstić information content (AvgIpc) is 2.74. The van der Waals surface area contributed by atoms with Crippen LogP contribution in [0.4, 0.5) is 0 Å². The minimum absolute atomic E-state index is 0.105. The highest BCUT2D eigenvalue weighted by atomic mass is 32.1. The van der Waals surface area contributed by atoms with Crippen molar-refractivity contribution >= 4 is 17.3 Å². The molecule has 0 unspecified atom stereocenters. The first kappa shape index (κ1) is 11.2. The van der Waals surface area contributed by atoms with E-state index in [2.05, 4.69) is 4.98 Å². The van der Waals surface area contributed by atoms with E-state index < -0.39 is 11.6 Å². The Morgan fingerprint density at radius 2 is 2.11 bits per heavy atom. The van der Waals surface area contributed by atoms with Crippen LogP contribution in [0.2, 0.25) is 0 Å². The number of carboxylic acids is 1. The fourth-order valence-corrected chi connectivity index (χ4v) is 3.03. The molecule has 0 spiro atoms. The van der Waals surface area contributed by atoms with Crippen molar-refractivity contribution in [2.24, 2.45) is 0 Å². The molecule has 1 aliphatic rings. The van der Waals surface area contributed by atoms with Crippen molar-refractivity contribution in [1.82, 2.24) is 4.98 Å². The van der Waals surface area contributed by atoms with Gasteiger partial charge in [0.05, 0.1) is 10.6 Å². The number of benzene rings is 1. The molecular formula is C13H11NO3S. The summed E-state index contributed by atoms with van der Waals surface area (Å²) in [6, 6.07) is 7.56. The largest absolute Gasteiger partial charge is 0.482 e. The number of carboxylic acid groups (broad SMARTS) is 1. The third kappa shape index (κ3) is 1.51. The summed E-state index contributed by atoms with van der Waals surface area (Å²) in [6.45, 7) is 3.84. The number of carbonyl (C=O) groups is 1. The Kier molecular flexibility index (Phi) is 2.22. The molecule has 4 nitrogen and oxygen atoms in total. The van der Waals surface area contributed by atoms with Gasteiger partial charge in [0.25, 0.3) is 0 Å². The van der Waals surface area contributed by atoms with Gasteiger partial charge in [-0.3, -0.25) is 0 Å². The number of para-hydroxylation sites is 1. The number of aromatic carboxylic acids is 1. The lowest BCUT2D eigenvalue weighted by Gasteiger charge is -2.31. The summed E-state index contributed by atoms with van der Waals surface area (Å²) in [5.41, 5.74) is 1.04. The normalized spacial score (nSPS) is 15.4. The van der Waals surface area contributed by atoms with E-state index in [0.717, 1.165) is 21.9 Å². The first-order valence-electron chi connectivity index (χ1n) is 5.52. The molecule has 92 valence electrons. The van der Waals surface area contributed by atoms with Crippen LogP contribution in [0.25, 0.3) is 11.3 Å². The molecule has 0 radical (unpaired) electrons. The topological polar surface area (TPSA) is 59.4 Å². The molecule has 0 fully saturated rings. The minimum atomic E-state index is -0.998. The van der Waals surface area contributed by atoms with Gasteiger partial charge in [0.2, 0.25) is 5.01 Å². The van der Waals surface area contributed by atoms with Gasteiger partial charge in [-0.05, 0) is 26.0 Å². The van der Waals surface area contributed by atoms with Crippen LogP contribution in [0.3, 0.4) is 0 Å². The van der Waals surface area contributed by atoms with E-state index in [9.17, 15) is 4.79 Å². The summed E-state index contributed by atoms with van der Waals surface area (Å²) in [5, 5.41) is 9.16. The number of nitrogens with zero attached hydrogens (tertiary/aromatic N) is 1. The molecule has 3 rings (SSSR count). The van der Waals surface area contributed by atoms with Gasteiger partial charge < -0.3 is 9.84 Å². The van der Waals surface area contributed by atoms with E-state index in [0.29, 0.717) is 0 Å². The molecule has 2 aromatic rings. The van der Waals surface area contributed by atoms with Crippen molar-refractivity contribution in [2.75, 3.05) is 0 Å². The van der Waals surface area contributed by atoms with Gasteiger partial charge in [0, 0.05) is 5.56 Å². The molecule has 2 heterocycles. The molecule has 1 aromatic carbocycles. The molecule has 1 aromatic heterocycles. The monoisotopic (exact) mass is 261 g/mol. The zero-order valence-electron chi connectivity index (χ0n) is 9.93. The van der Waals surface area contributed by atoms with E-state index in [-0.39, 0.29) is 5.01 Å². The molecule has 0 saturated carbocycles. The number of rotatable bonds is 1. The summed E-state index contributed by atoms with van der Waals surface area (Å²) >= 11 is 1.18. The fraction of sp³-hybridized carbons (Fsp3) is 0.231. The first-order chi connectivity index (χ1) is 8.49. The zero-order valence-corrected chi connectivity index (χ0v) is 10.7. The lowest BCUT2D eigenvalue weighted by Crippen LogP contribution is -2.27. The summed E-state index contributed by atoms with van der Waals surface area (Å²) in [4.78, 5) is 16.1. The molecular weight excluding hydrogens is 250 g/mol. The molecule has 0 amide bonds. The van der Waals surface area contributed by atoms with E-state index in [1.54, 1.807) is 0 Å². The van der Waals surface area contributed by atoms with Gasteiger partial charge >= 0.3 is 5.97 Å². The van der Waals surface area contributed by atoms with E-state index in [4.69, 9.17) is 9.84 Å². The van der Waals surface area contributed by atoms with Crippen LogP contribution in [0.5, 0.6) is 5.75 Å². The Morgan fingerprint density at radius 3 is 2.83 bits per heavy atom. The number of hydrogen-bond donors (Lipinski definition) is 1. The second kappa shape index (κ2) is 3.55. The number of hydrogen-bond acceptors (Lipinski definition) is 4. The number of fused-ring (bicyclic) bond motifs is 3. The maximum atomic E-state index is 11.0. The van der Waals surface area contributed by atoms with Gasteiger partial charge in [-0.15, -0.1) is 11.3 Å². The Balaban J connectivity index is 2.29. The Hall–Kier alpha value is -1.88. The zero-order chi connectivity index (χ0) is 12.9. The van der Waals surface area contributed by atoms with E-state index in [1.165, 1.54) is 11.3 Å². The van der Waals surface area contributed by atoms with Crippen molar-refractivity contribution in [3.05, 3.63) is 34.2 Å². The third-order valence-corrected chi connectivity index (χ3v) is 4.21. The second-order valence-corrected chi connectivity index (χ2v) is 5.61. The highest BCUT2D eigenvalue weighted by molar-refractivity contribution is 7.14. The lowest BCUT2D eigenvalue weighted by molar-refractivity contribution is 0.0696. The van der Waals surface area contributed by atoms with Crippen molar-refractivity contribution < 1.29 is 14.6 Å². The molecule has 0 bridgehead atoms. The molecule has 0 aliphatic carbocycles. The Labute approximate surface area is 108 Å². The van der Waals surface area contributed by atoms with Gasteiger partial charge in [-0.25, -0.2) is 9.78 Å². The predicted molar refractivity (Wildman–Crippen MR) is 68.2 cm³/mol. The molecule has 0 atom stereocenters.